The highest BCUT2D eigenvalue weighted by molar-refractivity contribution is 5.90. The number of carboxylic acids is 2. The van der Waals surface area contributed by atoms with Crippen LogP contribution in [0.15, 0.2) is 36.7 Å². The standard InChI is InChI=1S/C12H8N2O4.C4H8O/c15-11(16)7-1-3-13-9(5-7)10-6-8(12(17)18)2-4-14-10;1-2-4-5-3-1/h1-6H,(H,15,16)(H,17,18);1-4H2. The zero-order valence-electron chi connectivity index (χ0n) is 12.3. The lowest BCUT2D eigenvalue weighted by molar-refractivity contribution is 0.0686. The molecule has 0 amide bonds. The molecule has 0 bridgehead atoms. The predicted molar refractivity (Wildman–Crippen MR) is 81.4 cm³/mol. The second-order valence-electron chi connectivity index (χ2n) is 4.79. The summed E-state index contributed by atoms with van der Waals surface area (Å²) in [6, 6.07) is 5.40. The molecular formula is C16H16N2O5. The van der Waals surface area contributed by atoms with Gasteiger partial charge in [0.15, 0.2) is 0 Å². The molecule has 1 fully saturated rings. The molecule has 2 aromatic rings. The number of carboxylic acid groups (broad SMARTS) is 2. The lowest BCUT2D eigenvalue weighted by Gasteiger charge is -2.02. The van der Waals surface area contributed by atoms with E-state index in [-0.39, 0.29) is 11.1 Å². The van der Waals surface area contributed by atoms with E-state index in [0.29, 0.717) is 11.4 Å². The Hall–Kier alpha value is -2.80. The van der Waals surface area contributed by atoms with Crippen LogP contribution in [-0.4, -0.2) is 45.3 Å². The van der Waals surface area contributed by atoms with Gasteiger partial charge in [0, 0.05) is 25.6 Å². The first-order valence-corrected chi connectivity index (χ1v) is 7.05. The van der Waals surface area contributed by atoms with Gasteiger partial charge in [-0.05, 0) is 37.1 Å². The Kier molecular flexibility index (Phi) is 5.76. The zero-order chi connectivity index (χ0) is 16.7. The Morgan fingerprint density at radius 3 is 1.61 bits per heavy atom. The summed E-state index contributed by atoms with van der Waals surface area (Å²) in [5.41, 5.74) is 0.779. The molecule has 0 aromatic carbocycles. The molecule has 1 saturated heterocycles. The van der Waals surface area contributed by atoms with Crippen LogP contribution in [0.3, 0.4) is 0 Å². The molecule has 0 atom stereocenters. The summed E-state index contributed by atoms with van der Waals surface area (Å²) in [7, 11) is 0. The van der Waals surface area contributed by atoms with Crippen molar-refractivity contribution in [3.8, 4) is 11.4 Å². The fourth-order valence-electron chi connectivity index (χ4n) is 1.92. The Morgan fingerprint density at radius 2 is 1.30 bits per heavy atom. The summed E-state index contributed by atoms with van der Waals surface area (Å²) < 4.78 is 4.94. The summed E-state index contributed by atoms with van der Waals surface area (Å²) >= 11 is 0. The topological polar surface area (TPSA) is 110 Å². The van der Waals surface area contributed by atoms with Gasteiger partial charge in [0.05, 0.1) is 22.5 Å². The Morgan fingerprint density at radius 1 is 0.870 bits per heavy atom. The number of hydrogen-bond acceptors (Lipinski definition) is 5. The fraction of sp³-hybridized carbons (Fsp3) is 0.250. The largest absolute Gasteiger partial charge is 0.478 e. The minimum Gasteiger partial charge on any atom is -0.478 e. The van der Waals surface area contributed by atoms with E-state index in [2.05, 4.69) is 9.97 Å². The molecule has 3 heterocycles. The molecular weight excluding hydrogens is 300 g/mol. The maximum atomic E-state index is 10.8. The number of ether oxygens (including phenoxy) is 1. The van der Waals surface area contributed by atoms with Crippen molar-refractivity contribution in [1.29, 1.82) is 0 Å². The minimum atomic E-state index is -1.08. The third-order valence-corrected chi connectivity index (χ3v) is 3.10. The van der Waals surface area contributed by atoms with Crippen molar-refractivity contribution in [3.63, 3.8) is 0 Å². The van der Waals surface area contributed by atoms with Gasteiger partial charge in [-0.15, -0.1) is 0 Å². The van der Waals surface area contributed by atoms with E-state index in [1.165, 1.54) is 49.5 Å². The summed E-state index contributed by atoms with van der Waals surface area (Å²) in [5, 5.41) is 17.7. The maximum absolute atomic E-state index is 10.8. The molecule has 7 heteroatoms. The normalized spacial score (nSPS) is 13.0. The summed E-state index contributed by atoms with van der Waals surface area (Å²) in [4.78, 5) is 29.6. The highest BCUT2D eigenvalue weighted by atomic mass is 16.5. The van der Waals surface area contributed by atoms with Gasteiger partial charge in [0.25, 0.3) is 0 Å². The van der Waals surface area contributed by atoms with Crippen LogP contribution in [0.5, 0.6) is 0 Å². The van der Waals surface area contributed by atoms with Crippen LogP contribution < -0.4 is 0 Å². The van der Waals surface area contributed by atoms with E-state index in [0.717, 1.165) is 13.2 Å². The molecule has 2 N–H and O–H groups in total. The van der Waals surface area contributed by atoms with E-state index in [9.17, 15) is 9.59 Å². The number of aromatic nitrogens is 2. The fourth-order valence-corrected chi connectivity index (χ4v) is 1.92. The van der Waals surface area contributed by atoms with Gasteiger partial charge in [-0.25, -0.2) is 9.59 Å². The average molecular weight is 316 g/mol. The number of pyridine rings is 2. The molecule has 0 radical (unpaired) electrons. The van der Waals surface area contributed by atoms with Crippen molar-refractivity contribution in [2.45, 2.75) is 12.8 Å². The van der Waals surface area contributed by atoms with E-state index in [1.54, 1.807) is 0 Å². The van der Waals surface area contributed by atoms with Crippen molar-refractivity contribution in [2.75, 3.05) is 13.2 Å². The predicted octanol–water partition coefficient (Wildman–Crippen LogP) is 2.34. The number of carbonyl (C=O) groups is 2. The van der Waals surface area contributed by atoms with Gasteiger partial charge in [-0.3, -0.25) is 9.97 Å². The van der Waals surface area contributed by atoms with Crippen LogP contribution in [0.2, 0.25) is 0 Å². The molecule has 2 aromatic heterocycles. The lowest BCUT2D eigenvalue weighted by atomic mass is 10.1. The molecule has 23 heavy (non-hydrogen) atoms. The minimum absolute atomic E-state index is 0.0718. The van der Waals surface area contributed by atoms with Crippen LogP contribution in [0.25, 0.3) is 11.4 Å². The Balaban J connectivity index is 0.000000326. The van der Waals surface area contributed by atoms with Gasteiger partial charge >= 0.3 is 11.9 Å². The molecule has 1 aliphatic heterocycles. The number of nitrogens with zero attached hydrogens (tertiary/aromatic N) is 2. The van der Waals surface area contributed by atoms with Crippen molar-refractivity contribution in [1.82, 2.24) is 9.97 Å². The highest BCUT2D eigenvalue weighted by Gasteiger charge is 2.09. The third-order valence-electron chi connectivity index (χ3n) is 3.10. The number of aromatic carboxylic acids is 2. The third kappa shape index (κ3) is 4.86. The van der Waals surface area contributed by atoms with Gasteiger partial charge in [0.1, 0.15) is 0 Å². The molecule has 7 nitrogen and oxygen atoms in total. The summed E-state index contributed by atoms with van der Waals surface area (Å²) in [5.74, 6) is -2.15. The van der Waals surface area contributed by atoms with Crippen LogP contribution in [0.4, 0.5) is 0 Å². The smallest absolute Gasteiger partial charge is 0.335 e. The van der Waals surface area contributed by atoms with Crippen LogP contribution in [0, 0.1) is 0 Å². The first-order valence-electron chi connectivity index (χ1n) is 7.05. The van der Waals surface area contributed by atoms with Crippen LogP contribution >= 0.6 is 0 Å². The van der Waals surface area contributed by atoms with E-state index < -0.39 is 11.9 Å². The average Bonchev–Trinajstić information content (AvgIpc) is 3.15. The molecule has 1 aliphatic rings. The summed E-state index contributed by atoms with van der Waals surface area (Å²) in [6.07, 6.45) is 5.24. The van der Waals surface area contributed by atoms with Crippen LogP contribution in [-0.2, 0) is 4.74 Å². The van der Waals surface area contributed by atoms with Gasteiger partial charge < -0.3 is 14.9 Å². The molecule has 120 valence electrons. The molecule has 0 unspecified atom stereocenters. The lowest BCUT2D eigenvalue weighted by Crippen LogP contribution is -2.00. The monoisotopic (exact) mass is 316 g/mol. The quantitative estimate of drug-likeness (QED) is 0.894. The zero-order valence-corrected chi connectivity index (χ0v) is 12.3. The van der Waals surface area contributed by atoms with Crippen molar-refractivity contribution in [2.24, 2.45) is 0 Å². The molecule has 3 rings (SSSR count). The highest BCUT2D eigenvalue weighted by Crippen LogP contribution is 2.16. The van der Waals surface area contributed by atoms with Gasteiger partial charge in [-0.1, -0.05) is 0 Å². The maximum Gasteiger partial charge on any atom is 0.335 e. The molecule has 0 spiro atoms. The van der Waals surface area contributed by atoms with E-state index in [1.807, 2.05) is 0 Å². The van der Waals surface area contributed by atoms with Gasteiger partial charge in [-0.2, -0.15) is 0 Å². The van der Waals surface area contributed by atoms with E-state index >= 15 is 0 Å². The van der Waals surface area contributed by atoms with Crippen molar-refractivity contribution >= 4 is 11.9 Å². The van der Waals surface area contributed by atoms with Crippen LogP contribution in [0.1, 0.15) is 33.6 Å². The Labute approximate surface area is 132 Å². The second kappa shape index (κ2) is 8.00. The number of rotatable bonds is 3. The van der Waals surface area contributed by atoms with E-state index in [4.69, 9.17) is 14.9 Å². The molecule has 0 saturated carbocycles. The van der Waals surface area contributed by atoms with Gasteiger partial charge in [0.2, 0.25) is 0 Å². The number of hydrogen-bond donors (Lipinski definition) is 2. The Bertz CT molecular complexity index is 635. The first kappa shape index (κ1) is 16.6. The molecule has 0 aliphatic carbocycles. The van der Waals surface area contributed by atoms with Crippen molar-refractivity contribution in [3.05, 3.63) is 47.8 Å². The summed E-state index contributed by atoms with van der Waals surface area (Å²) in [6.45, 7) is 2.00. The SMILES string of the molecule is C1CCOC1.O=C(O)c1ccnc(-c2cc(C(=O)O)ccn2)c1. The first-order chi connectivity index (χ1) is 11.1. The van der Waals surface area contributed by atoms with Crippen molar-refractivity contribution < 1.29 is 24.5 Å². The second-order valence-corrected chi connectivity index (χ2v) is 4.79.